The molecule has 1 aliphatic heterocycles. The number of nitrogens with zero attached hydrogens (tertiary/aromatic N) is 1. The molecule has 0 spiro atoms. The molecule has 0 aromatic heterocycles. The van der Waals surface area contributed by atoms with Crippen molar-refractivity contribution < 1.29 is 9.59 Å². The molecule has 22 heavy (non-hydrogen) atoms. The van der Waals surface area contributed by atoms with Crippen molar-refractivity contribution in [2.75, 3.05) is 11.4 Å². The Morgan fingerprint density at radius 3 is 2.73 bits per heavy atom. The van der Waals surface area contributed by atoms with Gasteiger partial charge < -0.3 is 10.2 Å². The summed E-state index contributed by atoms with van der Waals surface area (Å²) in [5, 5.41) is 3.72. The molecule has 1 aliphatic carbocycles. The summed E-state index contributed by atoms with van der Waals surface area (Å²) in [5.41, 5.74) is 0.769. The minimum absolute atomic E-state index is 0.00828. The first-order valence-electron chi connectivity index (χ1n) is 8.00. The van der Waals surface area contributed by atoms with Crippen molar-refractivity contribution in [1.29, 1.82) is 0 Å². The van der Waals surface area contributed by atoms with Crippen LogP contribution in [0, 0.1) is 5.92 Å². The van der Waals surface area contributed by atoms with E-state index in [4.69, 9.17) is 11.6 Å². The van der Waals surface area contributed by atoms with Gasteiger partial charge in [0.1, 0.15) is 0 Å². The van der Waals surface area contributed by atoms with Crippen LogP contribution in [0.5, 0.6) is 0 Å². The van der Waals surface area contributed by atoms with E-state index >= 15 is 0 Å². The number of benzene rings is 1. The molecule has 1 heterocycles. The Hall–Kier alpha value is -1.55. The van der Waals surface area contributed by atoms with Crippen LogP contribution in [0.25, 0.3) is 0 Å². The van der Waals surface area contributed by atoms with E-state index in [1.165, 1.54) is 19.3 Å². The zero-order valence-corrected chi connectivity index (χ0v) is 13.3. The predicted molar refractivity (Wildman–Crippen MR) is 86.9 cm³/mol. The number of amides is 2. The maximum absolute atomic E-state index is 12.4. The minimum Gasteiger partial charge on any atom is -0.353 e. The largest absolute Gasteiger partial charge is 0.353 e. The van der Waals surface area contributed by atoms with Crippen LogP contribution in [-0.2, 0) is 9.59 Å². The molecule has 1 aromatic carbocycles. The van der Waals surface area contributed by atoms with Crippen LogP contribution in [0.15, 0.2) is 24.3 Å². The van der Waals surface area contributed by atoms with Crippen LogP contribution in [0.1, 0.15) is 38.5 Å². The van der Waals surface area contributed by atoms with Gasteiger partial charge >= 0.3 is 0 Å². The van der Waals surface area contributed by atoms with Crippen LogP contribution in [0.4, 0.5) is 5.69 Å². The third-order valence-electron chi connectivity index (χ3n) is 4.57. The number of hydrogen-bond donors (Lipinski definition) is 1. The summed E-state index contributed by atoms with van der Waals surface area (Å²) >= 11 is 5.98. The van der Waals surface area contributed by atoms with E-state index in [0.29, 0.717) is 11.6 Å². The Labute approximate surface area is 135 Å². The Bertz CT molecular complexity index is 570. The highest BCUT2D eigenvalue weighted by atomic mass is 35.5. The lowest BCUT2D eigenvalue weighted by atomic mass is 9.95. The zero-order valence-electron chi connectivity index (χ0n) is 12.6. The van der Waals surface area contributed by atoms with E-state index < -0.39 is 0 Å². The van der Waals surface area contributed by atoms with Crippen LogP contribution in [-0.4, -0.2) is 24.4 Å². The van der Waals surface area contributed by atoms with Gasteiger partial charge in [-0.3, -0.25) is 9.59 Å². The monoisotopic (exact) mass is 320 g/mol. The minimum atomic E-state index is -0.256. The smallest absolute Gasteiger partial charge is 0.227 e. The van der Waals surface area contributed by atoms with Crippen molar-refractivity contribution in [2.45, 2.75) is 44.6 Å². The second-order valence-electron chi connectivity index (χ2n) is 6.23. The molecule has 2 aliphatic rings. The fraction of sp³-hybridized carbons (Fsp3) is 0.529. The van der Waals surface area contributed by atoms with Crippen molar-refractivity contribution in [3.05, 3.63) is 29.3 Å². The normalized spacial score (nSPS) is 22.9. The summed E-state index contributed by atoms with van der Waals surface area (Å²) in [4.78, 5) is 26.2. The van der Waals surface area contributed by atoms with Crippen molar-refractivity contribution in [3.8, 4) is 0 Å². The molecular formula is C17H21ClN2O2. The maximum Gasteiger partial charge on any atom is 0.227 e. The van der Waals surface area contributed by atoms with Crippen molar-refractivity contribution in [1.82, 2.24) is 5.32 Å². The Balaban J connectivity index is 1.62. The molecule has 2 fully saturated rings. The fourth-order valence-corrected chi connectivity index (χ4v) is 3.53. The highest BCUT2D eigenvalue weighted by molar-refractivity contribution is 6.30. The van der Waals surface area contributed by atoms with Crippen LogP contribution >= 0.6 is 11.6 Å². The summed E-state index contributed by atoms with van der Waals surface area (Å²) in [5.74, 6) is -0.246. The molecule has 1 saturated heterocycles. The number of nitrogens with one attached hydrogen (secondary N) is 1. The van der Waals surface area contributed by atoms with E-state index in [-0.39, 0.29) is 30.2 Å². The molecule has 1 saturated carbocycles. The van der Waals surface area contributed by atoms with E-state index in [0.717, 1.165) is 18.5 Å². The topological polar surface area (TPSA) is 49.4 Å². The molecule has 118 valence electrons. The lowest BCUT2D eigenvalue weighted by Crippen LogP contribution is -2.40. The van der Waals surface area contributed by atoms with Gasteiger partial charge in [-0.1, -0.05) is 36.9 Å². The van der Waals surface area contributed by atoms with Crippen LogP contribution in [0.3, 0.4) is 0 Å². The molecule has 4 nitrogen and oxygen atoms in total. The molecule has 3 rings (SSSR count). The molecule has 2 amide bonds. The summed E-state index contributed by atoms with van der Waals surface area (Å²) in [6.45, 7) is 0.442. The molecule has 0 unspecified atom stereocenters. The molecule has 0 bridgehead atoms. The molecule has 5 heteroatoms. The molecule has 1 N–H and O–H groups in total. The van der Waals surface area contributed by atoms with E-state index in [9.17, 15) is 9.59 Å². The second-order valence-corrected chi connectivity index (χ2v) is 6.67. The highest BCUT2D eigenvalue weighted by Gasteiger charge is 2.35. The van der Waals surface area contributed by atoms with Gasteiger partial charge in [0.15, 0.2) is 0 Å². The SMILES string of the molecule is O=C(NC1CCCCC1)[C@H]1CC(=O)N(c2cccc(Cl)c2)C1. The first-order chi connectivity index (χ1) is 10.6. The van der Waals surface area contributed by atoms with Crippen molar-refractivity contribution in [2.24, 2.45) is 5.92 Å². The van der Waals surface area contributed by atoms with Gasteiger partial charge in [-0.15, -0.1) is 0 Å². The maximum atomic E-state index is 12.4. The third-order valence-corrected chi connectivity index (χ3v) is 4.80. The van der Waals surface area contributed by atoms with Crippen LogP contribution in [0.2, 0.25) is 5.02 Å². The molecular weight excluding hydrogens is 300 g/mol. The Morgan fingerprint density at radius 2 is 2.00 bits per heavy atom. The quantitative estimate of drug-likeness (QED) is 0.930. The van der Waals surface area contributed by atoms with Gasteiger partial charge in [0.05, 0.1) is 5.92 Å². The number of anilines is 1. The second kappa shape index (κ2) is 6.69. The molecule has 1 atom stereocenters. The Morgan fingerprint density at radius 1 is 1.23 bits per heavy atom. The third kappa shape index (κ3) is 3.43. The van der Waals surface area contributed by atoms with Gasteiger partial charge in [-0.2, -0.15) is 0 Å². The van der Waals surface area contributed by atoms with Gasteiger partial charge in [0.2, 0.25) is 11.8 Å². The van der Waals surface area contributed by atoms with Crippen molar-refractivity contribution >= 4 is 29.1 Å². The fourth-order valence-electron chi connectivity index (χ4n) is 3.34. The summed E-state index contributed by atoms with van der Waals surface area (Å²) in [6.07, 6.45) is 6.03. The van der Waals surface area contributed by atoms with Crippen molar-refractivity contribution in [3.63, 3.8) is 0 Å². The first kappa shape index (κ1) is 15.3. The lowest BCUT2D eigenvalue weighted by Gasteiger charge is -2.24. The van der Waals surface area contributed by atoms with Gasteiger partial charge in [-0.05, 0) is 31.0 Å². The van der Waals surface area contributed by atoms with Crippen LogP contribution < -0.4 is 10.2 Å². The average molecular weight is 321 g/mol. The summed E-state index contributed by atoms with van der Waals surface area (Å²) in [6, 6.07) is 7.50. The summed E-state index contributed by atoms with van der Waals surface area (Å²) in [7, 11) is 0. The number of carbonyl (C=O) groups excluding carboxylic acids is 2. The Kier molecular flexibility index (Phi) is 4.67. The standard InChI is InChI=1S/C17H21ClN2O2/c18-13-5-4-8-15(10-13)20-11-12(9-16(20)21)17(22)19-14-6-2-1-3-7-14/h4-5,8,10,12,14H,1-3,6-7,9,11H2,(H,19,22)/t12-/m0/s1. The van der Waals surface area contributed by atoms with Gasteiger partial charge in [0, 0.05) is 29.7 Å². The average Bonchev–Trinajstić information content (AvgIpc) is 2.90. The van der Waals surface area contributed by atoms with E-state index in [1.54, 1.807) is 17.0 Å². The number of carbonyl (C=O) groups is 2. The zero-order chi connectivity index (χ0) is 15.5. The van der Waals surface area contributed by atoms with E-state index in [2.05, 4.69) is 5.32 Å². The lowest BCUT2D eigenvalue weighted by molar-refractivity contribution is -0.127. The number of halogens is 1. The first-order valence-corrected chi connectivity index (χ1v) is 8.37. The van der Waals surface area contributed by atoms with Gasteiger partial charge in [0.25, 0.3) is 0 Å². The number of rotatable bonds is 3. The molecule has 1 aromatic rings. The molecule has 0 radical (unpaired) electrons. The van der Waals surface area contributed by atoms with E-state index in [1.807, 2.05) is 12.1 Å². The number of hydrogen-bond acceptors (Lipinski definition) is 2. The highest BCUT2D eigenvalue weighted by Crippen LogP contribution is 2.27. The van der Waals surface area contributed by atoms with Gasteiger partial charge in [-0.25, -0.2) is 0 Å². The summed E-state index contributed by atoms with van der Waals surface area (Å²) < 4.78 is 0. The predicted octanol–water partition coefficient (Wildman–Crippen LogP) is 3.14.